The first kappa shape index (κ1) is 12.4. The molecular weight excluding hydrogens is 194 g/mol. The van der Waals surface area contributed by atoms with Crippen LogP contribution >= 0.6 is 0 Å². The molecule has 0 radical (unpaired) electrons. The standard InChI is InChI=1S/C15H29N/c1-12(13-8-4-5-9-13)16-14-10-6-7-11-15(14,2)3/h12-14,16H,4-11H2,1-3H3/t12-,14?/m1/s1. The van der Waals surface area contributed by atoms with Gasteiger partial charge >= 0.3 is 0 Å². The Bertz CT molecular complexity index is 215. The highest BCUT2D eigenvalue weighted by atomic mass is 15.0. The largest absolute Gasteiger partial charge is 0.311 e. The molecule has 2 atom stereocenters. The average Bonchev–Trinajstić information content (AvgIpc) is 2.74. The minimum atomic E-state index is 0.519. The SMILES string of the molecule is C[C@@H](NC1CCCCC1(C)C)C1CCCC1. The van der Waals surface area contributed by atoms with Crippen LogP contribution in [0.1, 0.15) is 72.1 Å². The van der Waals surface area contributed by atoms with Gasteiger partial charge in [-0.05, 0) is 43.9 Å². The molecule has 2 saturated carbocycles. The summed E-state index contributed by atoms with van der Waals surface area (Å²) in [4.78, 5) is 0. The van der Waals surface area contributed by atoms with Gasteiger partial charge in [0.1, 0.15) is 0 Å². The molecule has 0 aromatic heterocycles. The maximum absolute atomic E-state index is 3.95. The fraction of sp³-hybridized carbons (Fsp3) is 1.00. The Morgan fingerprint density at radius 1 is 1.00 bits per heavy atom. The summed E-state index contributed by atoms with van der Waals surface area (Å²) in [6.07, 6.45) is 11.5. The Morgan fingerprint density at radius 2 is 1.62 bits per heavy atom. The van der Waals surface area contributed by atoms with Crippen molar-refractivity contribution in [3.8, 4) is 0 Å². The van der Waals surface area contributed by atoms with Gasteiger partial charge < -0.3 is 5.32 Å². The van der Waals surface area contributed by atoms with Crippen LogP contribution in [0.15, 0.2) is 0 Å². The van der Waals surface area contributed by atoms with Crippen molar-refractivity contribution in [2.45, 2.75) is 84.2 Å². The molecule has 2 aliphatic carbocycles. The van der Waals surface area contributed by atoms with Gasteiger partial charge in [0.05, 0.1) is 0 Å². The zero-order valence-electron chi connectivity index (χ0n) is 11.4. The van der Waals surface area contributed by atoms with Crippen LogP contribution in [0.25, 0.3) is 0 Å². The fourth-order valence-electron chi connectivity index (χ4n) is 3.71. The van der Waals surface area contributed by atoms with Crippen molar-refractivity contribution in [1.82, 2.24) is 5.32 Å². The Labute approximate surface area is 101 Å². The molecule has 2 aliphatic rings. The van der Waals surface area contributed by atoms with E-state index in [-0.39, 0.29) is 0 Å². The molecule has 1 heteroatoms. The lowest BCUT2D eigenvalue weighted by molar-refractivity contribution is 0.146. The summed E-state index contributed by atoms with van der Waals surface area (Å²) in [6, 6.07) is 1.50. The Morgan fingerprint density at radius 3 is 2.25 bits per heavy atom. The van der Waals surface area contributed by atoms with E-state index in [4.69, 9.17) is 0 Å². The highest BCUT2D eigenvalue weighted by Crippen LogP contribution is 2.37. The maximum Gasteiger partial charge on any atom is 0.0121 e. The van der Waals surface area contributed by atoms with Gasteiger partial charge in [0, 0.05) is 12.1 Å². The molecule has 0 spiro atoms. The van der Waals surface area contributed by atoms with Crippen LogP contribution in [0.3, 0.4) is 0 Å². The van der Waals surface area contributed by atoms with Crippen molar-refractivity contribution in [3.63, 3.8) is 0 Å². The van der Waals surface area contributed by atoms with E-state index in [0.717, 1.165) is 18.0 Å². The first-order chi connectivity index (χ1) is 7.59. The maximum atomic E-state index is 3.95. The summed E-state index contributed by atoms with van der Waals surface area (Å²) >= 11 is 0. The normalized spacial score (nSPS) is 32.8. The fourth-order valence-corrected chi connectivity index (χ4v) is 3.71. The molecule has 0 aromatic rings. The summed E-state index contributed by atoms with van der Waals surface area (Å²) < 4.78 is 0. The average molecular weight is 223 g/mol. The van der Waals surface area contributed by atoms with E-state index in [2.05, 4.69) is 26.1 Å². The molecule has 1 N–H and O–H groups in total. The van der Waals surface area contributed by atoms with E-state index >= 15 is 0 Å². The molecule has 16 heavy (non-hydrogen) atoms. The van der Waals surface area contributed by atoms with E-state index in [1.165, 1.54) is 51.4 Å². The molecule has 0 bridgehead atoms. The molecular formula is C15H29N. The highest BCUT2D eigenvalue weighted by Gasteiger charge is 2.34. The zero-order valence-corrected chi connectivity index (χ0v) is 11.4. The van der Waals surface area contributed by atoms with Gasteiger partial charge in [-0.15, -0.1) is 0 Å². The van der Waals surface area contributed by atoms with Crippen LogP contribution in [0.4, 0.5) is 0 Å². The molecule has 0 amide bonds. The predicted molar refractivity (Wildman–Crippen MR) is 70.6 cm³/mol. The minimum Gasteiger partial charge on any atom is -0.311 e. The second-order valence-corrected chi connectivity index (χ2v) is 6.79. The minimum absolute atomic E-state index is 0.519. The van der Waals surface area contributed by atoms with Gasteiger partial charge in [0.15, 0.2) is 0 Å². The molecule has 2 fully saturated rings. The van der Waals surface area contributed by atoms with Gasteiger partial charge in [-0.25, -0.2) is 0 Å². The molecule has 1 unspecified atom stereocenters. The molecule has 0 aromatic carbocycles. The second kappa shape index (κ2) is 5.08. The van der Waals surface area contributed by atoms with Gasteiger partial charge in [0.2, 0.25) is 0 Å². The molecule has 1 nitrogen and oxygen atoms in total. The summed E-state index contributed by atoms with van der Waals surface area (Å²) in [7, 11) is 0. The summed E-state index contributed by atoms with van der Waals surface area (Å²) in [5, 5.41) is 3.95. The molecule has 0 saturated heterocycles. The topological polar surface area (TPSA) is 12.0 Å². The zero-order chi connectivity index (χ0) is 11.6. The lowest BCUT2D eigenvalue weighted by Crippen LogP contribution is -2.49. The lowest BCUT2D eigenvalue weighted by atomic mass is 9.73. The van der Waals surface area contributed by atoms with E-state index < -0.39 is 0 Å². The van der Waals surface area contributed by atoms with Crippen LogP contribution in [0.5, 0.6) is 0 Å². The quantitative estimate of drug-likeness (QED) is 0.759. The van der Waals surface area contributed by atoms with E-state index in [1.54, 1.807) is 0 Å². The van der Waals surface area contributed by atoms with Crippen molar-refractivity contribution in [2.24, 2.45) is 11.3 Å². The Kier molecular flexibility index (Phi) is 3.94. The van der Waals surface area contributed by atoms with Crippen molar-refractivity contribution >= 4 is 0 Å². The van der Waals surface area contributed by atoms with Crippen molar-refractivity contribution in [2.75, 3.05) is 0 Å². The van der Waals surface area contributed by atoms with Gasteiger partial charge in [0.25, 0.3) is 0 Å². The van der Waals surface area contributed by atoms with Crippen LogP contribution in [0, 0.1) is 11.3 Å². The summed E-state index contributed by atoms with van der Waals surface area (Å²) in [5.74, 6) is 0.956. The molecule has 94 valence electrons. The highest BCUT2D eigenvalue weighted by molar-refractivity contribution is 4.91. The number of rotatable bonds is 3. The van der Waals surface area contributed by atoms with Crippen LogP contribution in [-0.4, -0.2) is 12.1 Å². The smallest absolute Gasteiger partial charge is 0.0121 e. The van der Waals surface area contributed by atoms with Crippen molar-refractivity contribution in [3.05, 3.63) is 0 Å². The van der Waals surface area contributed by atoms with E-state index in [1.807, 2.05) is 0 Å². The first-order valence-corrected chi connectivity index (χ1v) is 7.36. The lowest BCUT2D eigenvalue weighted by Gasteiger charge is -2.41. The molecule has 0 heterocycles. The Hall–Kier alpha value is -0.0400. The summed E-state index contributed by atoms with van der Waals surface area (Å²) in [5.41, 5.74) is 0.519. The second-order valence-electron chi connectivity index (χ2n) is 6.79. The third kappa shape index (κ3) is 2.80. The third-order valence-corrected chi connectivity index (χ3v) is 5.08. The van der Waals surface area contributed by atoms with E-state index in [0.29, 0.717) is 5.41 Å². The van der Waals surface area contributed by atoms with Gasteiger partial charge in [-0.3, -0.25) is 0 Å². The van der Waals surface area contributed by atoms with Crippen LogP contribution < -0.4 is 5.32 Å². The van der Waals surface area contributed by atoms with E-state index in [9.17, 15) is 0 Å². The van der Waals surface area contributed by atoms with Gasteiger partial charge in [-0.2, -0.15) is 0 Å². The van der Waals surface area contributed by atoms with Crippen molar-refractivity contribution < 1.29 is 0 Å². The summed E-state index contributed by atoms with van der Waals surface area (Å²) in [6.45, 7) is 7.32. The monoisotopic (exact) mass is 223 g/mol. The third-order valence-electron chi connectivity index (χ3n) is 5.08. The first-order valence-electron chi connectivity index (χ1n) is 7.36. The molecule has 0 aliphatic heterocycles. The Balaban J connectivity index is 1.87. The van der Waals surface area contributed by atoms with Crippen LogP contribution in [-0.2, 0) is 0 Å². The van der Waals surface area contributed by atoms with Crippen LogP contribution in [0.2, 0.25) is 0 Å². The number of nitrogens with one attached hydrogen (secondary N) is 1. The number of hydrogen-bond acceptors (Lipinski definition) is 1. The molecule has 2 rings (SSSR count). The predicted octanol–water partition coefficient (Wildman–Crippen LogP) is 4.12. The van der Waals surface area contributed by atoms with Crippen molar-refractivity contribution in [1.29, 1.82) is 0 Å². The van der Waals surface area contributed by atoms with Gasteiger partial charge in [-0.1, -0.05) is 39.5 Å². The number of hydrogen-bond donors (Lipinski definition) is 1.